The average Bonchev–Trinajstić information content (AvgIpc) is 1.99. The van der Waals surface area contributed by atoms with Gasteiger partial charge >= 0.3 is 0 Å². The van der Waals surface area contributed by atoms with Gasteiger partial charge in [0.2, 0.25) is 0 Å². The second kappa shape index (κ2) is 3.50. The number of hydrogen-bond acceptors (Lipinski definition) is 1. The minimum absolute atomic E-state index is 0.315. The number of hydrogen-bond donors (Lipinski definition) is 0. The van der Waals surface area contributed by atoms with Gasteiger partial charge in [-0.05, 0) is 50.7 Å². The molecule has 1 aromatic carbocycles. The Balaban J connectivity index is 3.35. The van der Waals surface area contributed by atoms with Crippen LogP contribution in [-0.4, -0.2) is 0 Å². The summed E-state index contributed by atoms with van der Waals surface area (Å²) < 4.78 is 13.7. The van der Waals surface area contributed by atoms with Gasteiger partial charge in [0.15, 0.2) is 5.82 Å². The maximum atomic E-state index is 12.9. The van der Waals surface area contributed by atoms with E-state index in [9.17, 15) is 4.39 Å². The standard InChI is InChI=1S/C7H2BrFIN/c8-5-1-4(3-11)2-6(10)7(5)9/h1-2H. The zero-order valence-electron chi connectivity index (χ0n) is 5.24. The summed E-state index contributed by atoms with van der Waals surface area (Å²) >= 11 is 4.85. The highest BCUT2D eigenvalue weighted by atomic mass is 127. The molecule has 0 unspecified atom stereocenters. The fraction of sp³-hybridized carbons (Fsp3) is 0. The average molecular weight is 326 g/mol. The maximum absolute atomic E-state index is 12.9. The number of nitriles is 1. The van der Waals surface area contributed by atoms with Crippen molar-refractivity contribution in [2.45, 2.75) is 0 Å². The monoisotopic (exact) mass is 325 g/mol. The molecule has 0 saturated carbocycles. The lowest BCUT2D eigenvalue weighted by Crippen LogP contribution is -1.85. The van der Waals surface area contributed by atoms with Crippen molar-refractivity contribution in [1.29, 1.82) is 5.26 Å². The largest absolute Gasteiger partial charge is 0.205 e. The molecular formula is C7H2BrFIN. The number of nitrogens with zero attached hydrogens (tertiary/aromatic N) is 1. The minimum atomic E-state index is -0.315. The summed E-state index contributed by atoms with van der Waals surface area (Å²) in [5.74, 6) is -0.315. The molecule has 0 aromatic heterocycles. The molecule has 0 aliphatic carbocycles. The molecule has 0 N–H and O–H groups in total. The van der Waals surface area contributed by atoms with Crippen molar-refractivity contribution in [2.24, 2.45) is 0 Å². The second-order valence-electron chi connectivity index (χ2n) is 1.87. The first kappa shape index (κ1) is 8.94. The van der Waals surface area contributed by atoms with E-state index in [2.05, 4.69) is 15.9 Å². The van der Waals surface area contributed by atoms with Gasteiger partial charge in [-0.2, -0.15) is 5.26 Å². The van der Waals surface area contributed by atoms with Crippen molar-refractivity contribution < 1.29 is 4.39 Å². The van der Waals surface area contributed by atoms with Crippen molar-refractivity contribution in [3.8, 4) is 6.07 Å². The molecule has 1 rings (SSSR count). The molecule has 0 bridgehead atoms. The van der Waals surface area contributed by atoms with Crippen LogP contribution in [0.25, 0.3) is 0 Å². The van der Waals surface area contributed by atoms with Crippen LogP contribution in [0.15, 0.2) is 16.6 Å². The molecule has 1 nitrogen and oxygen atoms in total. The molecule has 4 heteroatoms. The van der Waals surface area contributed by atoms with Crippen molar-refractivity contribution in [2.75, 3.05) is 0 Å². The lowest BCUT2D eigenvalue weighted by atomic mass is 10.2. The summed E-state index contributed by atoms with van der Waals surface area (Å²) in [7, 11) is 0. The van der Waals surface area contributed by atoms with E-state index in [-0.39, 0.29) is 5.82 Å². The number of benzene rings is 1. The molecule has 0 heterocycles. The van der Waals surface area contributed by atoms with Gasteiger partial charge in [0.25, 0.3) is 0 Å². The van der Waals surface area contributed by atoms with E-state index < -0.39 is 0 Å². The topological polar surface area (TPSA) is 23.8 Å². The summed E-state index contributed by atoms with van der Waals surface area (Å²) in [5, 5.41) is 8.48. The molecule has 0 amide bonds. The highest BCUT2D eigenvalue weighted by molar-refractivity contribution is 14.1. The maximum Gasteiger partial charge on any atom is 0.150 e. The van der Waals surface area contributed by atoms with Gasteiger partial charge in [0.1, 0.15) is 0 Å². The summed E-state index contributed by atoms with van der Waals surface area (Å²) in [6.07, 6.45) is 0. The fourth-order valence-electron chi connectivity index (χ4n) is 0.620. The molecule has 0 atom stereocenters. The van der Waals surface area contributed by atoms with Crippen molar-refractivity contribution in [3.63, 3.8) is 0 Å². The van der Waals surface area contributed by atoms with Crippen LogP contribution in [0.2, 0.25) is 0 Å². The molecule has 56 valence electrons. The van der Waals surface area contributed by atoms with Gasteiger partial charge < -0.3 is 0 Å². The molecule has 1 aromatic rings. The highest BCUT2D eigenvalue weighted by Crippen LogP contribution is 2.22. The molecule has 0 fully saturated rings. The Labute approximate surface area is 85.5 Å². The smallest absolute Gasteiger partial charge is 0.150 e. The summed E-state index contributed by atoms with van der Waals surface area (Å²) in [4.78, 5) is 0. The second-order valence-corrected chi connectivity index (χ2v) is 3.88. The van der Waals surface area contributed by atoms with E-state index in [1.54, 1.807) is 0 Å². The van der Waals surface area contributed by atoms with Crippen LogP contribution in [0.3, 0.4) is 0 Å². The van der Waals surface area contributed by atoms with Gasteiger partial charge in [0.05, 0.1) is 19.7 Å². The quantitative estimate of drug-likeness (QED) is 0.531. The molecule has 0 aliphatic rings. The Kier molecular flexibility index (Phi) is 2.84. The van der Waals surface area contributed by atoms with Gasteiger partial charge in [-0.15, -0.1) is 0 Å². The first-order valence-electron chi connectivity index (χ1n) is 2.70. The highest BCUT2D eigenvalue weighted by Gasteiger charge is 2.05. The first-order chi connectivity index (χ1) is 5.15. The Morgan fingerprint density at radius 2 is 2.18 bits per heavy atom. The first-order valence-corrected chi connectivity index (χ1v) is 4.57. The Morgan fingerprint density at radius 1 is 1.55 bits per heavy atom. The van der Waals surface area contributed by atoms with E-state index in [4.69, 9.17) is 5.26 Å². The molecule has 0 saturated heterocycles. The Morgan fingerprint density at radius 3 is 2.64 bits per heavy atom. The molecule has 0 radical (unpaired) electrons. The third kappa shape index (κ3) is 1.91. The lowest BCUT2D eigenvalue weighted by molar-refractivity contribution is 0.613. The van der Waals surface area contributed by atoms with Crippen LogP contribution >= 0.6 is 38.5 Å². The van der Waals surface area contributed by atoms with E-state index >= 15 is 0 Å². The van der Waals surface area contributed by atoms with Crippen LogP contribution in [0.1, 0.15) is 5.56 Å². The minimum Gasteiger partial charge on any atom is -0.205 e. The van der Waals surface area contributed by atoms with Crippen LogP contribution in [0.5, 0.6) is 0 Å². The van der Waals surface area contributed by atoms with E-state index in [1.165, 1.54) is 12.1 Å². The SMILES string of the molecule is N#Cc1cc(Br)c(F)c(I)c1. The normalized spacial score (nSPS) is 9.27. The summed E-state index contributed by atoms with van der Waals surface area (Å²) in [6, 6.07) is 4.89. The molecule has 0 spiro atoms. The predicted octanol–water partition coefficient (Wildman–Crippen LogP) is 3.06. The van der Waals surface area contributed by atoms with Crippen LogP contribution in [0, 0.1) is 20.7 Å². The molecular weight excluding hydrogens is 324 g/mol. The Hall–Kier alpha value is -0.150. The zero-order valence-corrected chi connectivity index (χ0v) is 8.98. The van der Waals surface area contributed by atoms with Gasteiger partial charge in [-0.1, -0.05) is 0 Å². The van der Waals surface area contributed by atoms with Crippen molar-refractivity contribution in [1.82, 2.24) is 0 Å². The zero-order chi connectivity index (χ0) is 8.43. The van der Waals surface area contributed by atoms with Gasteiger partial charge in [0, 0.05) is 0 Å². The van der Waals surface area contributed by atoms with E-state index in [0.717, 1.165) is 0 Å². The van der Waals surface area contributed by atoms with Crippen LogP contribution in [0.4, 0.5) is 4.39 Å². The predicted molar refractivity (Wildman–Crippen MR) is 51.5 cm³/mol. The third-order valence-corrected chi connectivity index (χ3v) is 2.47. The van der Waals surface area contributed by atoms with E-state index in [0.29, 0.717) is 13.6 Å². The number of rotatable bonds is 0. The van der Waals surface area contributed by atoms with E-state index in [1.807, 2.05) is 28.7 Å². The number of halogens is 3. The van der Waals surface area contributed by atoms with Gasteiger partial charge in [-0.3, -0.25) is 0 Å². The fourth-order valence-corrected chi connectivity index (χ4v) is 2.08. The lowest BCUT2D eigenvalue weighted by Gasteiger charge is -1.97. The third-order valence-electron chi connectivity index (χ3n) is 1.11. The van der Waals surface area contributed by atoms with Crippen LogP contribution in [-0.2, 0) is 0 Å². The molecule has 11 heavy (non-hydrogen) atoms. The summed E-state index contributed by atoms with van der Waals surface area (Å²) in [6.45, 7) is 0. The van der Waals surface area contributed by atoms with Crippen molar-refractivity contribution in [3.05, 3.63) is 31.6 Å². The van der Waals surface area contributed by atoms with Gasteiger partial charge in [-0.25, -0.2) is 4.39 Å². The van der Waals surface area contributed by atoms with Crippen LogP contribution < -0.4 is 0 Å². The molecule has 0 aliphatic heterocycles. The summed E-state index contributed by atoms with van der Waals surface area (Å²) in [5.41, 5.74) is 0.461. The Bertz CT molecular complexity index is 309. The van der Waals surface area contributed by atoms with Crippen molar-refractivity contribution >= 4 is 38.5 Å².